The van der Waals surface area contributed by atoms with Crippen molar-refractivity contribution >= 4 is 29.0 Å². The second-order valence-electron chi connectivity index (χ2n) is 6.26. The van der Waals surface area contributed by atoms with E-state index in [0.29, 0.717) is 10.8 Å². The Morgan fingerprint density at radius 2 is 1.96 bits per heavy atom. The molecule has 1 aromatic carbocycles. The molecule has 0 aliphatic heterocycles. The van der Waals surface area contributed by atoms with Crippen LogP contribution in [0.15, 0.2) is 60.0 Å². The van der Waals surface area contributed by atoms with Crippen molar-refractivity contribution in [1.82, 2.24) is 24.1 Å². The number of rotatable bonds is 7. The summed E-state index contributed by atoms with van der Waals surface area (Å²) >= 11 is 7.82. The molecule has 1 unspecified atom stereocenters. The smallest absolute Gasteiger partial charge is 0.191 e. The van der Waals surface area contributed by atoms with Gasteiger partial charge in [-0.1, -0.05) is 41.6 Å². The van der Waals surface area contributed by atoms with Crippen molar-refractivity contribution in [3.63, 3.8) is 0 Å². The van der Waals surface area contributed by atoms with Gasteiger partial charge in [-0.25, -0.2) is 4.98 Å². The summed E-state index contributed by atoms with van der Waals surface area (Å²) in [5, 5.41) is 10.2. The molecular formula is C20H20ClN5OS. The standard InChI is InChI=1S/C20H20ClN5OS/c1-3-26-19(14(2)27-17-9-5-4-8-16(17)21)23-24-20(26)28-13-15-12-25-11-7-6-10-18(25)22-15/h4-12,14H,3,13H2,1-2H3. The molecule has 144 valence electrons. The fourth-order valence-electron chi connectivity index (χ4n) is 2.98. The summed E-state index contributed by atoms with van der Waals surface area (Å²) in [4.78, 5) is 4.64. The predicted molar refractivity (Wildman–Crippen MR) is 111 cm³/mol. The highest BCUT2D eigenvalue weighted by molar-refractivity contribution is 7.98. The van der Waals surface area contributed by atoms with Crippen molar-refractivity contribution in [2.24, 2.45) is 0 Å². The van der Waals surface area contributed by atoms with Gasteiger partial charge in [-0.3, -0.25) is 0 Å². The molecule has 6 nitrogen and oxygen atoms in total. The number of hydrogen-bond donors (Lipinski definition) is 0. The van der Waals surface area contributed by atoms with E-state index in [9.17, 15) is 0 Å². The highest BCUT2D eigenvalue weighted by Gasteiger charge is 2.19. The molecule has 4 aromatic rings. The van der Waals surface area contributed by atoms with Crippen LogP contribution in [-0.4, -0.2) is 24.1 Å². The second-order valence-corrected chi connectivity index (χ2v) is 7.61. The van der Waals surface area contributed by atoms with E-state index in [2.05, 4.69) is 26.7 Å². The Hall–Kier alpha value is -2.51. The Bertz CT molecular complexity index is 1060. The van der Waals surface area contributed by atoms with E-state index in [1.54, 1.807) is 11.8 Å². The van der Waals surface area contributed by atoms with Crippen molar-refractivity contribution in [3.05, 3.63) is 71.4 Å². The monoisotopic (exact) mass is 413 g/mol. The van der Waals surface area contributed by atoms with Crippen molar-refractivity contribution in [1.29, 1.82) is 0 Å². The average Bonchev–Trinajstić information content (AvgIpc) is 3.31. The topological polar surface area (TPSA) is 57.2 Å². The minimum atomic E-state index is -0.267. The molecular weight excluding hydrogens is 394 g/mol. The number of benzene rings is 1. The third kappa shape index (κ3) is 3.86. The maximum Gasteiger partial charge on any atom is 0.191 e. The first-order valence-electron chi connectivity index (χ1n) is 9.05. The predicted octanol–water partition coefficient (Wildman–Crippen LogP) is 5.03. The molecule has 4 rings (SSSR count). The summed E-state index contributed by atoms with van der Waals surface area (Å²) in [5.74, 6) is 2.14. The number of para-hydroxylation sites is 1. The lowest BCUT2D eigenvalue weighted by Gasteiger charge is -2.16. The van der Waals surface area contributed by atoms with Crippen molar-refractivity contribution < 1.29 is 4.74 Å². The molecule has 28 heavy (non-hydrogen) atoms. The zero-order valence-electron chi connectivity index (χ0n) is 15.6. The van der Waals surface area contributed by atoms with Gasteiger partial charge in [0.25, 0.3) is 0 Å². The Morgan fingerprint density at radius 1 is 1.14 bits per heavy atom. The first-order chi connectivity index (χ1) is 13.7. The van der Waals surface area contributed by atoms with Crippen LogP contribution >= 0.6 is 23.4 Å². The number of hydrogen-bond acceptors (Lipinski definition) is 5. The molecule has 0 bridgehead atoms. The van der Waals surface area contributed by atoms with E-state index in [1.165, 1.54) is 0 Å². The Balaban J connectivity index is 1.49. The van der Waals surface area contributed by atoms with Crippen molar-refractivity contribution in [2.45, 2.75) is 37.4 Å². The zero-order chi connectivity index (χ0) is 19.5. The van der Waals surface area contributed by atoms with E-state index >= 15 is 0 Å². The number of aromatic nitrogens is 5. The highest BCUT2D eigenvalue weighted by atomic mass is 35.5. The molecule has 0 N–H and O–H groups in total. The lowest BCUT2D eigenvalue weighted by molar-refractivity contribution is 0.210. The SMILES string of the molecule is CCn1c(SCc2cn3ccccc3n2)nnc1C(C)Oc1ccccc1Cl. The molecule has 0 saturated carbocycles. The third-order valence-electron chi connectivity index (χ3n) is 4.33. The third-order valence-corrected chi connectivity index (χ3v) is 5.64. The molecule has 0 radical (unpaired) electrons. The van der Waals surface area contributed by atoms with Gasteiger partial charge in [-0.2, -0.15) is 0 Å². The zero-order valence-corrected chi connectivity index (χ0v) is 17.2. The van der Waals surface area contributed by atoms with Gasteiger partial charge in [0.1, 0.15) is 11.4 Å². The lowest BCUT2D eigenvalue weighted by Crippen LogP contribution is -2.12. The molecule has 3 heterocycles. The van der Waals surface area contributed by atoms with Crippen LogP contribution in [0.5, 0.6) is 5.75 Å². The first-order valence-corrected chi connectivity index (χ1v) is 10.4. The van der Waals surface area contributed by atoms with Gasteiger partial charge in [0.05, 0.1) is 10.7 Å². The van der Waals surface area contributed by atoms with Gasteiger partial charge in [0.15, 0.2) is 17.1 Å². The van der Waals surface area contributed by atoms with Crippen LogP contribution in [0.3, 0.4) is 0 Å². The number of halogens is 1. The van der Waals surface area contributed by atoms with Gasteiger partial charge < -0.3 is 13.7 Å². The summed E-state index contributed by atoms with van der Waals surface area (Å²) in [6.45, 7) is 4.78. The molecule has 0 saturated heterocycles. The number of pyridine rings is 1. The quantitative estimate of drug-likeness (QED) is 0.397. The summed E-state index contributed by atoms with van der Waals surface area (Å²) in [6, 6.07) is 13.4. The van der Waals surface area contributed by atoms with Gasteiger partial charge in [0, 0.05) is 24.7 Å². The van der Waals surface area contributed by atoms with Gasteiger partial charge in [-0.05, 0) is 38.1 Å². The number of thioether (sulfide) groups is 1. The molecule has 0 aliphatic rings. The Kier molecular flexibility index (Phi) is 5.54. The fourth-order valence-corrected chi connectivity index (χ4v) is 4.06. The van der Waals surface area contributed by atoms with E-state index in [1.807, 2.05) is 66.2 Å². The number of fused-ring (bicyclic) bond motifs is 1. The minimum Gasteiger partial charge on any atom is -0.481 e. The van der Waals surface area contributed by atoms with E-state index in [-0.39, 0.29) is 6.10 Å². The molecule has 1 atom stereocenters. The molecule has 0 spiro atoms. The maximum atomic E-state index is 6.20. The van der Waals surface area contributed by atoms with Crippen LogP contribution < -0.4 is 4.74 Å². The van der Waals surface area contributed by atoms with Gasteiger partial charge in [-0.15, -0.1) is 10.2 Å². The van der Waals surface area contributed by atoms with E-state index in [0.717, 1.165) is 34.6 Å². The molecule has 0 amide bonds. The van der Waals surface area contributed by atoms with Crippen LogP contribution in [0.1, 0.15) is 31.5 Å². The van der Waals surface area contributed by atoms with E-state index in [4.69, 9.17) is 16.3 Å². The van der Waals surface area contributed by atoms with Crippen molar-refractivity contribution in [3.8, 4) is 5.75 Å². The summed E-state index contributed by atoms with van der Waals surface area (Å²) in [6.07, 6.45) is 3.77. The summed E-state index contributed by atoms with van der Waals surface area (Å²) in [5.41, 5.74) is 1.95. The summed E-state index contributed by atoms with van der Waals surface area (Å²) < 4.78 is 10.1. The molecule has 0 fully saturated rings. The molecule has 3 aromatic heterocycles. The fraction of sp³-hybridized carbons (Fsp3) is 0.250. The van der Waals surface area contributed by atoms with Crippen LogP contribution in [0, 0.1) is 0 Å². The normalized spacial score (nSPS) is 12.4. The Morgan fingerprint density at radius 3 is 2.75 bits per heavy atom. The van der Waals surface area contributed by atoms with Crippen LogP contribution in [0.4, 0.5) is 0 Å². The first kappa shape index (κ1) is 18.8. The van der Waals surface area contributed by atoms with E-state index < -0.39 is 0 Å². The number of imidazole rings is 1. The highest BCUT2D eigenvalue weighted by Crippen LogP contribution is 2.30. The van der Waals surface area contributed by atoms with Gasteiger partial charge >= 0.3 is 0 Å². The molecule has 0 aliphatic carbocycles. The van der Waals surface area contributed by atoms with Crippen molar-refractivity contribution in [2.75, 3.05) is 0 Å². The van der Waals surface area contributed by atoms with Crippen LogP contribution in [0.25, 0.3) is 5.65 Å². The Labute approximate surface area is 172 Å². The van der Waals surface area contributed by atoms with Crippen LogP contribution in [0.2, 0.25) is 5.02 Å². The van der Waals surface area contributed by atoms with Crippen LogP contribution in [-0.2, 0) is 12.3 Å². The average molecular weight is 414 g/mol. The number of nitrogens with zero attached hydrogens (tertiary/aromatic N) is 5. The summed E-state index contributed by atoms with van der Waals surface area (Å²) in [7, 11) is 0. The lowest BCUT2D eigenvalue weighted by atomic mass is 10.3. The number of ether oxygens (including phenoxy) is 1. The maximum absolute atomic E-state index is 6.20. The second kappa shape index (κ2) is 8.24. The largest absolute Gasteiger partial charge is 0.481 e. The molecule has 8 heteroatoms. The minimum absolute atomic E-state index is 0.267. The van der Waals surface area contributed by atoms with Gasteiger partial charge in [0.2, 0.25) is 0 Å².